The number of hydrogen-bond donors (Lipinski definition) is 1. The van der Waals surface area contributed by atoms with Crippen LogP contribution in [0.5, 0.6) is 0 Å². The van der Waals surface area contributed by atoms with Crippen LogP contribution in [0.1, 0.15) is 32.3 Å². The Morgan fingerprint density at radius 1 is 1.18 bits per heavy atom. The Bertz CT molecular complexity index is 471. The summed E-state index contributed by atoms with van der Waals surface area (Å²) in [4.78, 5) is 25.2. The topological polar surface area (TPSA) is 58.6 Å². The van der Waals surface area contributed by atoms with Crippen LogP contribution >= 0.6 is 0 Å². The zero-order chi connectivity index (χ0) is 16.4. The number of nitrogens with one attached hydrogen (secondary N) is 1. The SMILES string of the molecule is CCc1ccc(NC(=O)CCN(CCCOC)C(C)=O)cc1. The first-order chi connectivity index (χ1) is 10.6. The number of benzene rings is 1. The van der Waals surface area contributed by atoms with Gasteiger partial charge >= 0.3 is 0 Å². The normalized spacial score (nSPS) is 10.3. The molecule has 0 fully saturated rings. The Morgan fingerprint density at radius 2 is 1.86 bits per heavy atom. The van der Waals surface area contributed by atoms with Crippen LogP contribution in [0.2, 0.25) is 0 Å². The van der Waals surface area contributed by atoms with Gasteiger partial charge in [-0.1, -0.05) is 19.1 Å². The number of aryl methyl sites for hydroxylation is 1. The third kappa shape index (κ3) is 6.72. The van der Waals surface area contributed by atoms with Crippen molar-refractivity contribution in [2.75, 3.05) is 32.1 Å². The third-order valence-electron chi connectivity index (χ3n) is 3.48. The summed E-state index contributed by atoms with van der Waals surface area (Å²) < 4.78 is 4.98. The molecule has 5 heteroatoms. The van der Waals surface area contributed by atoms with E-state index in [1.165, 1.54) is 12.5 Å². The minimum atomic E-state index is -0.0813. The molecule has 0 saturated heterocycles. The first-order valence-electron chi connectivity index (χ1n) is 7.70. The molecule has 0 aliphatic rings. The molecular formula is C17H26N2O3. The van der Waals surface area contributed by atoms with Gasteiger partial charge in [0.05, 0.1) is 0 Å². The molecule has 2 amide bonds. The van der Waals surface area contributed by atoms with Crippen molar-refractivity contribution in [2.45, 2.75) is 33.1 Å². The molecule has 0 aromatic heterocycles. The molecule has 1 rings (SSSR count). The Labute approximate surface area is 132 Å². The van der Waals surface area contributed by atoms with E-state index in [9.17, 15) is 9.59 Å². The summed E-state index contributed by atoms with van der Waals surface area (Å²) in [5.74, 6) is -0.0987. The van der Waals surface area contributed by atoms with E-state index in [4.69, 9.17) is 4.74 Å². The zero-order valence-electron chi connectivity index (χ0n) is 13.7. The van der Waals surface area contributed by atoms with Gasteiger partial charge in [0.25, 0.3) is 0 Å². The summed E-state index contributed by atoms with van der Waals surface area (Å²) >= 11 is 0. The van der Waals surface area contributed by atoms with E-state index in [1.54, 1.807) is 12.0 Å². The standard InChI is InChI=1S/C17H26N2O3/c1-4-15-6-8-16(9-7-15)18-17(21)10-12-19(14(2)20)11-5-13-22-3/h6-9H,4-5,10-13H2,1-3H3,(H,18,21). The maximum absolute atomic E-state index is 12.0. The predicted octanol–water partition coefficient (Wildman–Crippen LogP) is 2.46. The molecule has 0 aliphatic carbocycles. The maximum Gasteiger partial charge on any atom is 0.226 e. The van der Waals surface area contributed by atoms with Gasteiger partial charge in [-0.3, -0.25) is 9.59 Å². The van der Waals surface area contributed by atoms with E-state index in [-0.39, 0.29) is 11.8 Å². The van der Waals surface area contributed by atoms with Crippen molar-refractivity contribution in [3.63, 3.8) is 0 Å². The van der Waals surface area contributed by atoms with Gasteiger partial charge in [0, 0.05) is 45.8 Å². The molecule has 0 aliphatic heterocycles. The maximum atomic E-state index is 12.0. The lowest BCUT2D eigenvalue weighted by Gasteiger charge is -2.20. The highest BCUT2D eigenvalue weighted by molar-refractivity contribution is 5.91. The van der Waals surface area contributed by atoms with Crippen molar-refractivity contribution < 1.29 is 14.3 Å². The van der Waals surface area contributed by atoms with E-state index in [0.29, 0.717) is 26.1 Å². The highest BCUT2D eigenvalue weighted by Crippen LogP contribution is 2.10. The van der Waals surface area contributed by atoms with Crippen LogP contribution in [-0.4, -0.2) is 43.5 Å². The van der Waals surface area contributed by atoms with Gasteiger partial charge in [-0.2, -0.15) is 0 Å². The second-order valence-corrected chi connectivity index (χ2v) is 5.20. The van der Waals surface area contributed by atoms with Crippen molar-refractivity contribution >= 4 is 17.5 Å². The Kier molecular flexibility index (Phi) is 8.22. The molecule has 0 bridgehead atoms. The third-order valence-corrected chi connectivity index (χ3v) is 3.48. The first kappa shape index (κ1) is 18.2. The number of hydrogen-bond acceptors (Lipinski definition) is 3. The summed E-state index contributed by atoms with van der Waals surface area (Å²) in [6.45, 7) is 5.26. The molecule has 5 nitrogen and oxygen atoms in total. The Hall–Kier alpha value is -1.88. The minimum absolute atomic E-state index is 0.0174. The van der Waals surface area contributed by atoms with Crippen molar-refractivity contribution in [2.24, 2.45) is 0 Å². The predicted molar refractivity (Wildman–Crippen MR) is 87.8 cm³/mol. The van der Waals surface area contributed by atoms with Gasteiger partial charge in [-0.15, -0.1) is 0 Å². The van der Waals surface area contributed by atoms with E-state index < -0.39 is 0 Å². The van der Waals surface area contributed by atoms with E-state index in [1.807, 2.05) is 24.3 Å². The Balaban J connectivity index is 2.40. The van der Waals surface area contributed by atoms with Crippen molar-refractivity contribution in [3.8, 4) is 0 Å². The lowest BCUT2D eigenvalue weighted by atomic mass is 10.1. The fourth-order valence-electron chi connectivity index (χ4n) is 2.11. The molecule has 0 heterocycles. The quantitative estimate of drug-likeness (QED) is 0.713. The molecular weight excluding hydrogens is 280 g/mol. The number of amides is 2. The summed E-state index contributed by atoms with van der Waals surface area (Å²) in [6.07, 6.45) is 2.04. The molecule has 0 atom stereocenters. The molecule has 22 heavy (non-hydrogen) atoms. The summed E-state index contributed by atoms with van der Waals surface area (Å²) in [7, 11) is 1.63. The number of carbonyl (C=O) groups is 2. The average Bonchev–Trinajstić information content (AvgIpc) is 2.51. The largest absolute Gasteiger partial charge is 0.385 e. The van der Waals surface area contributed by atoms with Crippen LogP contribution in [0.4, 0.5) is 5.69 Å². The van der Waals surface area contributed by atoms with Gasteiger partial charge in [-0.05, 0) is 30.5 Å². The minimum Gasteiger partial charge on any atom is -0.385 e. The van der Waals surface area contributed by atoms with E-state index >= 15 is 0 Å². The molecule has 1 aromatic rings. The van der Waals surface area contributed by atoms with Gasteiger partial charge in [0.2, 0.25) is 11.8 Å². The van der Waals surface area contributed by atoms with E-state index in [0.717, 1.165) is 18.5 Å². The smallest absolute Gasteiger partial charge is 0.226 e. The lowest BCUT2D eigenvalue weighted by Crippen LogP contribution is -2.33. The number of anilines is 1. The highest BCUT2D eigenvalue weighted by Gasteiger charge is 2.11. The second-order valence-electron chi connectivity index (χ2n) is 5.20. The van der Waals surface area contributed by atoms with Crippen molar-refractivity contribution in [3.05, 3.63) is 29.8 Å². The summed E-state index contributed by atoms with van der Waals surface area (Å²) in [5, 5.41) is 2.85. The second kappa shape index (κ2) is 9.95. The van der Waals surface area contributed by atoms with Crippen LogP contribution in [0.3, 0.4) is 0 Å². The summed E-state index contributed by atoms with van der Waals surface area (Å²) in [5.41, 5.74) is 2.02. The van der Waals surface area contributed by atoms with Gasteiger partial charge < -0.3 is 15.0 Å². The molecule has 0 spiro atoms. The average molecular weight is 306 g/mol. The summed E-state index contributed by atoms with van der Waals surface area (Å²) in [6, 6.07) is 7.81. The van der Waals surface area contributed by atoms with Gasteiger partial charge in [0.15, 0.2) is 0 Å². The first-order valence-corrected chi connectivity index (χ1v) is 7.70. The van der Waals surface area contributed by atoms with E-state index in [2.05, 4.69) is 12.2 Å². The van der Waals surface area contributed by atoms with Crippen LogP contribution in [-0.2, 0) is 20.7 Å². The fourth-order valence-corrected chi connectivity index (χ4v) is 2.11. The fraction of sp³-hybridized carbons (Fsp3) is 0.529. The number of rotatable bonds is 9. The molecule has 0 radical (unpaired) electrons. The number of carbonyl (C=O) groups excluding carboxylic acids is 2. The molecule has 0 unspecified atom stereocenters. The van der Waals surface area contributed by atoms with Crippen LogP contribution < -0.4 is 5.32 Å². The highest BCUT2D eigenvalue weighted by atomic mass is 16.5. The van der Waals surface area contributed by atoms with Gasteiger partial charge in [-0.25, -0.2) is 0 Å². The molecule has 1 N–H and O–H groups in total. The molecule has 122 valence electrons. The number of methoxy groups -OCH3 is 1. The molecule has 1 aromatic carbocycles. The van der Waals surface area contributed by atoms with Crippen LogP contribution in [0, 0.1) is 0 Å². The number of nitrogens with zero attached hydrogens (tertiary/aromatic N) is 1. The monoisotopic (exact) mass is 306 g/mol. The van der Waals surface area contributed by atoms with Crippen LogP contribution in [0.15, 0.2) is 24.3 Å². The van der Waals surface area contributed by atoms with Crippen molar-refractivity contribution in [1.82, 2.24) is 4.90 Å². The van der Waals surface area contributed by atoms with Crippen molar-refractivity contribution in [1.29, 1.82) is 0 Å². The Morgan fingerprint density at radius 3 is 2.41 bits per heavy atom. The lowest BCUT2D eigenvalue weighted by molar-refractivity contribution is -0.129. The van der Waals surface area contributed by atoms with Gasteiger partial charge in [0.1, 0.15) is 0 Å². The van der Waals surface area contributed by atoms with Crippen LogP contribution in [0.25, 0.3) is 0 Å². The number of ether oxygens (including phenoxy) is 1. The molecule has 0 saturated carbocycles. The zero-order valence-corrected chi connectivity index (χ0v) is 13.7.